The molecular weight excluding hydrogens is 335 g/mol. The van der Waals surface area contributed by atoms with Gasteiger partial charge in [-0.25, -0.2) is 13.1 Å². The summed E-state index contributed by atoms with van der Waals surface area (Å²) in [6.45, 7) is 2.36. The van der Waals surface area contributed by atoms with E-state index in [9.17, 15) is 8.42 Å². The molecule has 0 bridgehead atoms. The predicted octanol–water partition coefficient (Wildman–Crippen LogP) is 2.55. The first-order valence-corrected chi connectivity index (χ1v) is 8.78. The number of hydrogen-bond acceptors (Lipinski definition) is 4. The van der Waals surface area contributed by atoms with E-state index < -0.39 is 10.0 Å². The van der Waals surface area contributed by atoms with E-state index in [2.05, 4.69) is 4.72 Å². The van der Waals surface area contributed by atoms with Crippen LogP contribution in [0.1, 0.15) is 25.3 Å². The highest BCUT2D eigenvalue weighted by Crippen LogP contribution is 2.29. The molecule has 0 aliphatic heterocycles. The van der Waals surface area contributed by atoms with Crippen molar-refractivity contribution in [1.29, 1.82) is 0 Å². The van der Waals surface area contributed by atoms with Crippen LogP contribution in [0.15, 0.2) is 17.0 Å². The second kappa shape index (κ2) is 8.31. The van der Waals surface area contributed by atoms with Crippen molar-refractivity contribution in [2.75, 3.05) is 13.7 Å². The third-order valence-electron chi connectivity index (χ3n) is 2.92. The maximum atomic E-state index is 12.5. The molecule has 0 radical (unpaired) electrons. The van der Waals surface area contributed by atoms with Gasteiger partial charge in [0.15, 0.2) is 0 Å². The fourth-order valence-electron chi connectivity index (χ4n) is 1.97. The first kappa shape index (κ1) is 18.7. The summed E-state index contributed by atoms with van der Waals surface area (Å²) >= 11 is 12.0. The van der Waals surface area contributed by atoms with Crippen LogP contribution in [-0.2, 0) is 21.3 Å². The average Bonchev–Trinajstić information content (AvgIpc) is 2.41. The van der Waals surface area contributed by atoms with Gasteiger partial charge in [-0.15, -0.1) is 0 Å². The van der Waals surface area contributed by atoms with Crippen LogP contribution in [-0.4, -0.2) is 28.2 Å². The fourth-order valence-corrected chi connectivity index (χ4v) is 4.17. The lowest BCUT2D eigenvalue weighted by atomic mass is 10.2. The van der Waals surface area contributed by atoms with Crippen LogP contribution >= 0.6 is 23.2 Å². The Labute approximate surface area is 135 Å². The van der Waals surface area contributed by atoms with Crippen LogP contribution in [0.25, 0.3) is 0 Å². The Bertz CT molecular complexity index is 573. The summed E-state index contributed by atoms with van der Waals surface area (Å²) < 4.78 is 32.6. The lowest BCUT2D eigenvalue weighted by Crippen LogP contribution is -2.38. The van der Waals surface area contributed by atoms with Gasteiger partial charge in [0, 0.05) is 24.7 Å². The van der Waals surface area contributed by atoms with Gasteiger partial charge in [-0.3, -0.25) is 0 Å². The number of ether oxygens (including phenoxy) is 1. The molecule has 1 aromatic carbocycles. The summed E-state index contributed by atoms with van der Waals surface area (Å²) in [5.41, 5.74) is 6.04. The van der Waals surface area contributed by atoms with Gasteiger partial charge >= 0.3 is 0 Å². The number of hydrogen-bond donors (Lipinski definition) is 2. The molecule has 1 atom stereocenters. The SMILES string of the molecule is CCCC(COC)NS(=O)(=O)c1cc(Cl)cc(CN)c1Cl. The summed E-state index contributed by atoms with van der Waals surface area (Å²) in [4.78, 5) is -0.0608. The highest BCUT2D eigenvalue weighted by molar-refractivity contribution is 7.89. The first-order chi connectivity index (χ1) is 9.85. The normalized spacial score (nSPS) is 13.4. The van der Waals surface area contributed by atoms with Crippen LogP contribution < -0.4 is 10.5 Å². The Balaban J connectivity index is 3.15. The zero-order valence-corrected chi connectivity index (χ0v) is 14.4. The number of nitrogens with two attached hydrogens (primary N) is 1. The first-order valence-electron chi connectivity index (χ1n) is 6.55. The van der Waals surface area contributed by atoms with Crippen molar-refractivity contribution in [1.82, 2.24) is 4.72 Å². The quantitative estimate of drug-likeness (QED) is 0.751. The Morgan fingerprint density at radius 1 is 1.38 bits per heavy atom. The van der Waals surface area contributed by atoms with E-state index in [1.165, 1.54) is 13.2 Å². The second-order valence-corrected chi connectivity index (χ2v) is 7.14. The van der Waals surface area contributed by atoms with E-state index in [4.69, 9.17) is 33.7 Å². The molecule has 8 heteroatoms. The Hall–Kier alpha value is -0.370. The maximum Gasteiger partial charge on any atom is 0.242 e. The van der Waals surface area contributed by atoms with E-state index in [-0.39, 0.29) is 34.1 Å². The molecule has 3 N–H and O–H groups in total. The molecule has 0 amide bonds. The van der Waals surface area contributed by atoms with Crippen LogP contribution in [0, 0.1) is 0 Å². The Morgan fingerprint density at radius 3 is 2.57 bits per heavy atom. The van der Waals surface area contributed by atoms with Gasteiger partial charge < -0.3 is 10.5 Å². The number of sulfonamides is 1. The van der Waals surface area contributed by atoms with Gasteiger partial charge in [-0.2, -0.15) is 0 Å². The molecule has 1 unspecified atom stereocenters. The van der Waals surface area contributed by atoms with Crippen LogP contribution in [0.4, 0.5) is 0 Å². The Kier molecular flexibility index (Phi) is 7.39. The largest absolute Gasteiger partial charge is 0.383 e. The van der Waals surface area contributed by atoms with Crippen molar-refractivity contribution in [2.24, 2.45) is 5.73 Å². The summed E-state index contributed by atoms with van der Waals surface area (Å²) in [5, 5.41) is 0.376. The molecule has 0 spiro atoms. The molecule has 21 heavy (non-hydrogen) atoms. The van der Waals surface area contributed by atoms with E-state index >= 15 is 0 Å². The summed E-state index contributed by atoms with van der Waals surface area (Å²) in [5.74, 6) is 0. The van der Waals surface area contributed by atoms with Gasteiger partial charge in [0.25, 0.3) is 0 Å². The number of halogens is 2. The van der Waals surface area contributed by atoms with Gasteiger partial charge in [-0.1, -0.05) is 36.5 Å². The van der Waals surface area contributed by atoms with E-state index in [1.807, 2.05) is 6.92 Å². The number of benzene rings is 1. The van der Waals surface area contributed by atoms with Crippen molar-refractivity contribution in [3.63, 3.8) is 0 Å². The maximum absolute atomic E-state index is 12.5. The summed E-state index contributed by atoms with van der Waals surface area (Å²) in [6, 6.07) is 2.56. The standard InChI is InChI=1S/C13H20Cl2N2O3S/c1-3-4-11(8-20-2)17-21(18,19)12-6-10(14)5-9(7-16)13(12)15/h5-6,11,17H,3-4,7-8,16H2,1-2H3. The molecule has 1 rings (SSSR count). The van der Waals surface area contributed by atoms with Crippen LogP contribution in [0.2, 0.25) is 10.0 Å². The molecule has 0 fully saturated rings. The molecule has 0 heterocycles. The lowest BCUT2D eigenvalue weighted by Gasteiger charge is -2.18. The minimum Gasteiger partial charge on any atom is -0.383 e. The van der Waals surface area contributed by atoms with E-state index in [0.717, 1.165) is 6.42 Å². The fraction of sp³-hybridized carbons (Fsp3) is 0.538. The number of rotatable bonds is 8. The van der Waals surface area contributed by atoms with E-state index in [0.29, 0.717) is 12.0 Å². The molecule has 0 aromatic heterocycles. The number of methoxy groups -OCH3 is 1. The average molecular weight is 355 g/mol. The minimum atomic E-state index is -3.79. The van der Waals surface area contributed by atoms with Crippen LogP contribution in [0.3, 0.4) is 0 Å². The Morgan fingerprint density at radius 2 is 2.05 bits per heavy atom. The second-order valence-electron chi connectivity index (χ2n) is 4.64. The monoisotopic (exact) mass is 354 g/mol. The smallest absolute Gasteiger partial charge is 0.242 e. The number of nitrogens with one attached hydrogen (secondary N) is 1. The zero-order valence-electron chi connectivity index (χ0n) is 12.0. The summed E-state index contributed by atoms with van der Waals surface area (Å²) in [7, 11) is -2.27. The molecule has 120 valence electrons. The van der Waals surface area contributed by atoms with Crippen LogP contribution in [0.5, 0.6) is 0 Å². The molecular formula is C13H20Cl2N2O3S. The zero-order chi connectivity index (χ0) is 16.0. The molecule has 0 saturated heterocycles. The summed E-state index contributed by atoms with van der Waals surface area (Å²) in [6.07, 6.45) is 1.49. The van der Waals surface area contributed by atoms with Gasteiger partial charge in [0.2, 0.25) is 10.0 Å². The molecule has 0 aliphatic rings. The van der Waals surface area contributed by atoms with Crippen molar-refractivity contribution in [2.45, 2.75) is 37.2 Å². The topological polar surface area (TPSA) is 81.4 Å². The molecule has 5 nitrogen and oxygen atoms in total. The highest BCUT2D eigenvalue weighted by atomic mass is 35.5. The van der Waals surface area contributed by atoms with E-state index in [1.54, 1.807) is 6.07 Å². The van der Waals surface area contributed by atoms with Crippen molar-refractivity contribution in [3.05, 3.63) is 27.7 Å². The molecule has 0 aliphatic carbocycles. The van der Waals surface area contributed by atoms with Gasteiger partial charge in [0.05, 0.1) is 11.6 Å². The third kappa shape index (κ3) is 5.09. The van der Waals surface area contributed by atoms with Crippen molar-refractivity contribution < 1.29 is 13.2 Å². The van der Waals surface area contributed by atoms with Gasteiger partial charge in [-0.05, 0) is 24.1 Å². The van der Waals surface area contributed by atoms with Crippen molar-refractivity contribution in [3.8, 4) is 0 Å². The predicted molar refractivity (Wildman–Crippen MR) is 85.2 cm³/mol. The lowest BCUT2D eigenvalue weighted by molar-refractivity contribution is 0.171. The van der Waals surface area contributed by atoms with Gasteiger partial charge in [0.1, 0.15) is 4.90 Å². The highest BCUT2D eigenvalue weighted by Gasteiger charge is 2.24. The third-order valence-corrected chi connectivity index (χ3v) is 5.24. The van der Waals surface area contributed by atoms with Crippen molar-refractivity contribution >= 4 is 33.2 Å². The minimum absolute atomic E-state index is 0.0608. The molecule has 0 saturated carbocycles. The molecule has 1 aromatic rings.